The zero-order chi connectivity index (χ0) is 26.9. The van der Waals surface area contributed by atoms with Gasteiger partial charge in [-0.3, -0.25) is 19.3 Å². The highest BCUT2D eigenvalue weighted by molar-refractivity contribution is 5.99. The smallest absolute Gasteiger partial charge is 0.254 e. The fourth-order valence-electron chi connectivity index (χ4n) is 5.09. The van der Waals surface area contributed by atoms with E-state index in [1.54, 1.807) is 11.0 Å². The van der Waals surface area contributed by atoms with Gasteiger partial charge >= 0.3 is 0 Å². The minimum atomic E-state index is -0.669. The number of likely N-dealkylation sites (N-methyl/N-ethyl adjacent to an activating group) is 1. The van der Waals surface area contributed by atoms with Crippen LogP contribution in [-0.4, -0.2) is 79.7 Å². The molecule has 1 saturated heterocycles. The predicted molar refractivity (Wildman–Crippen MR) is 142 cm³/mol. The number of nitrogens with zero attached hydrogens (tertiary/aromatic N) is 2. The summed E-state index contributed by atoms with van der Waals surface area (Å²) in [4.78, 5) is 52.9. The number of nitrogens with one attached hydrogen (secondary N) is 2. The molecule has 9 heteroatoms. The third-order valence-corrected chi connectivity index (χ3v) is 7.12. The van der Waals surface area contributed by atoms with E-state index >= 15 is 0 Å². The summed E-state index contributed by atoms with van der Waals surface area (Å²) in [5.41, 5.74) is 4.55. The average molecular weight is 521 g/mol. The maximum atomic E-state index is 13.2. The monoisotopic (exact) mass is 520 g/mol. The summed E-state index contributed by atoms with van der Waals surface area (Å²) in [5, 5.41) is 5.59. The molecule has 2 heterocycles. The van der Waals surface area contributed by atoms with E-state index < -0.39 is 6.04 Å². The molecule has 1 atom stereocenters. The van der Waals surface area contributed by atoms with Crippen LogP contribution in [0.25, 0.3) is 0 Å². The summed E-state index contributed by atoms with van der Waals surface area (Å²) < 4.78 is 5.41. The number of carbonyl (C=O) groups is 4. The second-order valence-electron chi connectivity index (χ2n) is 9.78. The van der Waals surface area contributed by atoms with Crippen molar-refractivity contribution in [1.82, 2.24) is 20.4 Å². The van der Waals surface area contributed by atoms with Gasteiger partial charge in [0.1, 0.15) is 12.3 Å². The zero-order valence-corrected chi connectivity index (χ0v) is 21.9. The largest absolute Gasteiger partial charge is 0.379 e. The second-order valence-corrected chi connectivity index (χ2v) is 9.78. The van der Waals surface area contributed by atoms with Crippen LogP contribution < -0.4 is 10.6 Å². The average Bonchev–Trinajstić information content (AvgIpc) is 2.93. The van der Waals surface area contributed by atoms with Crippen LogP contribution in [-0.2, 0) is 45.1 Å². The lowest BCUT2D eigenvalue weighted by molar-refractivity contribution is -0.125. The van der Waals surface area contributed by atoms with Crippen molar-refractivity contribution in [2.24, 2.45) is 0 Å². The van der Waals surface area contributed by atoms with Gasteiger partial charge in [-0.05, 0) is 41.2 Å². The minimum absolute atomic E-state index is 0.0582. The van der Waals surface area contributed by atoms with E-state index in [0.29, 0.717) is 37.9 Å². The molecule has 0 bridgehead atoms. The molecule has 2 aromatic carbocycles. The number of aldehydes is 1. The summed E-state index contributed by atoms with van der Waals surface area (Å²) in [7, 11) is 1.53. The Labute approximate surface area is 223 Å². The molecule has 0 radical (unpaired) electrons. The number of benzene rings is 2. The molecule has 202 valence electrons. The minimum Gasteiger partial charge on any atom is -0.379 e. The molecule has 0 aliphatic carbocycles. The maximum Gasteiger partial charge on any atom is 0.254 e. The van der Waals surface area contributed by atoms with Crippen molar-refractivity contribution in [2.45, 2.75) is 44.8 Å². The van der Waals surface area contributed by atoms with Gasteiger partial charge in [0.2, 0.25) is 11.8 Å². The van der Waals surface area contributed by atoms with Crippen molar-refractivity contribution in [1.29, 1.82) is 0 Å². The van der Waals surface area contributed by atoms with E-state index in [4.69, 9.17) is 4.74 Å². The number of fused-ring (bicyclic) bond motifs is 1. The van der Waals surface area contributed by atoms with Gasteiger partial charge in [-0.1, -0.05) is 36.4 Å². The van der Waals surface area contributed by atoms with Crippen LogP contribution in [0.1, 0.15) is 45.5 Å². The molecule has 2 aliphatic rings. The quantitative estimate of drug-likeness (QED) is 0.435. The van der Waals surface area contributed by atoms with E-state index in [9.17, 15) is 19.2 Å². The molecule has 3 amide bonds. The second kappa shape index (κ2) is 13.3. The number of morpholine rings is 1. The predicted octanol–water partition coefficient (Wildman–Crippen LogP) is 1.47. The molecule has 0 saturated carbocycles. The van der Waals surface area contributed by atoms with Crippen molar-refractivity contribution in [3.63, 3.8) is 0 Å². The van der Waals surface area contributed by atoms with E-state index in [1.807, 2.05) is 24.3 Å². The highest BCUT2D eigenvalue weighted by atomic mass is 16.5. The van der Waals surface area contributed by atoms with E-state index in [-0.39, 0.29) is 24.1 Å². The topological polar surface area (TPSA) is 108 Å². The molecule has 2 aromatic rings. The third kappa shape index (κ3) is 7.05. The van der Waals surface area contributed by atoms with Crippen LogP contribution >= 0.6 is 0 Å². The van der Waals surface area contributed by atoms with Crippen LogP contribution in [0.2, 0.25) is 0 Å². The number of ether oxygens (including phenoxy) is 1. The van der Waals surface area contributed by atoms with E-state index in [0.717, 1.165) is 55.8 Å². The highest BCUT2D eigenvalue weighted by Crippen LogP contribution is 2.24. The van der Waals surface area contributed by atoms with Gasteiger partial charge in [0.25, 0.3) is 5.91 Å². The Kier molecular flexibility index (Phi) is 9.62. The molecule has 9 nitrogen and oxygen atoms in total. The lowest BCUT2D eigenvalue weighted by Gasteiger charge is -2.34. The lowest BCUT2D eigenvalue weighted by atomic mass is 9.94. The first-order valence-electron chi connectivity index (χ1n) is 13.2. The fourth-order valence-corrected chi connectivity index (χ4v) is 5.09. The van der Waals surface area contributed by atoms with Crippen LogP contribution in [0.4, 0.5) is 0 Å². The van der Waals surface area contributed by atoms with Gasteiger partial charge in [0.05, 0.1) is 19.6 Å². The standard InChI is InChI=1S/C29H36N4O5/c1-30-28(36)26(6-3-13-34)33-10-9-24-17-22(7-8-25(24)29(33)37)19-31-27(35)18-21-4-2-5-23(16-21)20-32-11-14-38-15-12-32/h2,4-5,7-8,13,16-17,26H,3,6,9-12,14-15,18-20H2,1H3,(H,30,36)(H,31,35). The molecule has 38 heavy (non-hydrogen) atoms. The van der Waals surface area contributed by atoms with Crippen molar-refractivity contribution in [3.8, 4) is 0 Å². The van der Waals surface area contributed by atoms with Crippen molar-refractivity contribution in [2.75, 3.05) is 39.9 Å². The van der Waals surface area contributed by atoms with Gasteiger partial charge < -0.3 is 25.1 Å². The van der Waals surface area contributed by atoms with Gasteiger partial charge in [0, 0.05) is 51.8 Å². The zero-order valence-electron chi connectivity index (χ0n) is 21.9. The molecule has 4 rings (SSSR count). The Balaban J connectivity index is 1.32. The normalized spacial score (nSPS) is 16.4. The molecule has 1 fully saturated rings. The van der Waals surface area contributed by atoms with Crippen LogP contribution in [0.3, 0.4) is 0 Å². The summed E-state index contributed by atoms with van der Waals surface area (Å²) >= 11 is 0. The van der Waals surface area contributed by atoms with Crippen molar-refractivity contribution in [3.05, 3.63) is 70.3 Å². The third-order valence-electron chi connectivity index (χ3n) is 7.12. The first kappa shape index (κ1) is 27.5. The highest BCUT2D eigenvalue weighted by Gasteiger charge is 2.33. The molecule has 2 aliphatic heterocycles. The summed E-state index contributed by atoms with van der Waals surface area (Å²) in [5.74, 6) is -0.537. The molecule has 2 N–H and O–H groups in total. The van der Waals surface area contributed by atoms with Crippen LogP contribution in [0.5, 0.6) is 0 Å². The van der Waals surface area contributed by atoms with E-state index in [1.165, 1.54) is 12.6 Å². The van der Waals surface area contributed by atoms with Crippen molar-refractivity contribution >= 4 is 24.0 Å². The first-order chi connectivity index (χ1) is 18.5. The summed E-state index contributed by atoms with van der Waals surface area (Å²) in [6.07, 6.45) is 2.18. The van der Waals surface area contributed by atoms with Crippen LogP contribution in [0.15, 0.2) is 42.5 Å². The Morgan fingerprint density at radius 1 is 1.05 bits per heavy atom. The number of carbonyl (C=O) groups excluding carboxylic acids is 4. The fraction of sp³-hybridized carbons (Fsp3) is 0.448. The van der Waals surface area contributed by atoms with Gasteiger partial charge in [-0.2, -0.15) is 0 Å². The molecular weight excluding hydrogens is 484 g/mol. The molecule has 0 aromatic heterocycles. The van der Waals surface area contributed by atoms with Gasteiger partial charge in [-0.15, -0.1) is 0 Å². The van der Waals surface area contributed by atoms with Gasteiger partial charge in [0.15, 0.2) is 0 Å². The summed E-state index contributed by atoms with van der Waals surface area (Å²) in [6.45, 7) is 4.99. The Hall–Kier alpha value is -3.56. The van der Waals surface area contributed by atoms with Crippen molar-refractivity contribution < 1.29 is 23.9 Å². The molecular formula is C29H36N4O5. The summed E-state index contributed by atoms with van der Waals surface area (Å²) in [6, 6.07) is 13.0. The Bertz CT molecular complexity index is 1160. The Morgan fingerprint density at radius 3 is 2.61 bits per heavy atom. The number of hydrogen-bond donors (Lipinski definition) is 2. The number of amides is 3. The molecule has 1 unspecified atom stereocenters. The van der Waals surface area contributed by atoms with E-state index in [2.05, 4.69) is 27.7 Å². The molecule has 0 spiro atoms. The maximum absolute atomic E-state index is 13.2. The number of rotatable bonds is 11. The lowest BCUT2D eigenvalue weighted by Crippen LogP contribution is -2.51. The first-order valence-corrected chi connectivity index (χ1v) is 13.2. The number of hydrogen-bond acceptors (Lipinski definition) is 6. The SMILES string of the molecule is CNC(=O)C(CCC=O)N1CCc2cc(CNC(=O)Cc3cccc(CN4CCOCC4)c3)ccc2C1=O. The van der Waals surface area contributed by atoms with Crippen LogP contribution in [0, 0.1) is 0 Å². The van der Waals surface area contributed by atoms with Gasteiger partial charge in [-0.25, -0.2) is 0 Å². The Morgan fingerprint density at radius 2 is 1.84 bits per heavy atom.